The Bertz CT molecular complexity index is 187. The number of carbonyl (C=O) groups is 1. The molecule has 1 aliphatic rings. The second-order valence-corrected chi connectivity index (χ2v) is 3.16. The summed E-state index contributed by atoms with van der Waals surface area (Å²) in [6.45, 7) is 3.03. The highest BCUT2D eigenvalue weighted by atomic mass is 16.2. The van der Waals surface area contributed by atoms with Gasteiger partial charge in [0.25, 0.3) is 5.91 Å². The Morgan fingerprint density at radius 1 is 1.58 bits per heavy atom. The van der Waals surface area contributed by atoms with E-state index in [9.17, 15) is 4.79 Å². The van der Waals surface area contributed by atoms with Crippen molar-refractivity contribution in [3.05, 3.63) is 0 Å². The number of carbonyl (C=O) groups excluding carboxylic acids is 1. The first-order chi connectivity index (χ1) is 5.83. The first-order valence-electron chi connectivity index (χ1n) is 4.72. The molecule has 1 N–H and O–H groups in total. The molecule has 0 aromatic rings. The lowest BCUT2D eigenvalue weighted by molar-refractivity contribution is -0.554. The molecule has 1 aliphatic heterocycles. The van der Waals surface area contributed by atoms with Crippen LogP contribution < -0.4 is 5.43 Å². The Morgan fingerprint density at radius 2 is 2.42 bits per heavy atom. The van der Waals surface area contributed by atoms with Gasteiger partial charge in [0.2, 0.25) is 0 Å². The minimum absolute atomic E-state index is 0.141. The van der Waals surface area contributed by atoms with Crippen LogP contribution in [0.5, 0.6) is 0 Å². The van der Waals surface area contributed by atoms with Gasteiger partial charge in [0.15, 0.2) is 12.8 Å². The van der Waals surface area contributed by atoms with Crippen molar-refractivity contribution in [3.63, 3.8) is 0 Å². The molecule has 1 amide bonds. The van der Waals surface area contributed by atoms with Crippen molar-refractivity contribution in [2.24, 2.45) is 0 Å². The molecule has 0 saturated carbocycles. The molecule has 0 aromatic carbocycles. The van der Waals surface area contributed by atoms with Crippen LogP contribution in [-0.4, -0.2) is 23.4 Å². The number of nitrogens with zero attached hydrogens (tertiary/aromatic N) is 1. The highest BCUT2D eigenvalue weighted by Gasteiger charge is 2.19. The minimum atomic E-state index is 0.141. The normalized spacial score (nSPS) is 20.1. The van der Waals surface area contributed by atoms with Gasteiger partial charge in [-0.1, -0.05) is 19.8 Å². The van der Waals surface area contributed by atoms with Crippen LogP contribution in [0.4, 0.5) is 0 Å². The van der Waals surface area contributed by atoms with Gasteiger partial charge in [-0.25, -0.2) is 0 Å². The third-order valence-electron chi connectivity index (χ3n) is 2.01. The Balaban J connectivity index is 2.15. The van der Waals surface area contributed by atoms with Gasteiger partial charge in [-0.2, -0.15) is 0 Å². The summed E-state index contributed by atoms with van der Waals surface area (Å²) in [6, 6.07) is 0. The molecule has 1 fully saturated rings. The Hall–Kier alpha value is -0.860. The minimum Gasteiger partial charge on any atom is -0.269 e. The third-order valence-corrected chi connectivity index (χ3v) is 2.01. The molecule has 1 heterocycles. The quantitative estimate of drug-likeness (QED) is 0.496. The summed E-state index contributed by atoms with van der Waals surface area (Å²) >= 11 is 0. The van der Waals surface area contributed by atoms with Crippen molar-refractivity contribution >= 4 is 12.1 Å². The molecule has 3 nitrogen and oxygen atoms in total. The van der Waals surface area contributed by atoms with Crippen molar-refractivity contribution in [1.29, 1.82) is 0 Å². The van der Waals surface area contributed by atoms with Crippen LogP contribution in [0, 0.1) is 0 Å². The van der Waals surface area contributed by atoms with E-state index in [-0.39, 0.29) is 5.91 Å². The maximum Gasteiger partial charge on any atom is 0.280 e. The number of unbranched alkanes of at least 4 members (excludes halogenated alkanes) is 3. The van der Waals surface area contributed by atoms with Crippen LogP contribution in [0.2, 0.25) is 0 Å². The highest BCUT2D eigenvalue weighted by Crippen LogP contribution is 1.97. The molecule has 0 bridgehead atoms. The van der Waals surface area contributed by atoms with Crippen LogP contribution in [0.3, 0.4) is 0 Å². The standard InChI is InChI=1S/C9H16N2O/c1-2-3-4-5-7-11-8-6-9(12)10-11/h7H,2-6,8H2,1H3/p+1/b11-7+. The Morgan fingerprint density at radius 3 is 3.00 bits per heavy atom. The predicted molar refractivity (Wildman–Crippen MR) is 48.1 cm³/mol. The second-order valence-electron chi connectivity index (χ2n) is 3.16. The largest absolute Gasteiger partial charge is 0.280 e. The zero-order valence-corrected chi connectivity index (χ0v) is 7.68. The van der Waals surface area contributed by atoms with Gasteiger partial charge in [-0.15, -0.1) is 10.1 Å². The Kier molecular flexibility index (Phi) is 3.77. The summed E-state index contributed by atoms with van der Waals surface area (Å²) in [5.74, 6) is 0.141. The fourth-order valence-corrected chi connectivity index (χ4v) is 1.27. The van der Waals surface area contributed by atoms with Crippen LogP contribution in [0.15, 0.2) is 0 Å². The molecule has 3 heteroatoms. The molecule has 0 aromatic heterocycles. The number of hydrazone groups is 1. The van der Waals surface area contributed by atoms with E-state index in [1.54, 1.807) is 0 Å². The van der Waals surface area contributed by atoms with Crippen LogP contribution in [0.25, 0.3) is 0 Å². The SMILES string of the molecule is CCCCC/C=[N+]1\CCC(=O)N1. The number of rotatable bonds is 4. The van der Waals surface area contributed by atoms with Gasteiger partial charge in [0.05, 0.1) is 6.42 Å². The van der Waals surface area contributed by atoms with E-state index in [0.717, 1.165) is 13.0 Å². The van der Waals surface area contributed by atoms with E-state index in [4.69, 9.17) is 0 Å². The Labute approximate surface area is 73.4 Å². The summed E-state index contributed by atoms with van der Waals surface area (Å²) in [7, 11) is 0. The molecule has 12 heavy (non-hydrogen) atoms. The maximum atomic E-state index is 10.8. The smallest absolute Gasteiger partial charge is 0.269 e. The molecular weight excluding hydrogens is 152 g/mol. The number of hydrogen-bond donors (Lipinski definition) is 1. The topological polar surface area (TPSA) is 32.1 Å². The van der Waals surface area contributed by atoms with Crippen molar-refractivity contribution in [1.82, 2.24) is 5.43 Å². The third kappa shape index (κ3) is 3.03. The first kappa shape index (κ1) is 9.23. The number of hydrazine groups is 1. The molecule has 1 rings (SSSR count). The van der Waals surface area contributed by atoms with E-state index < -0.39 is 0 Å². The number of amides is 1. The molecule has 0 spiro atoms. The monoisotopic (exact) mass is 169 g/mol. The second kappa shape index (κ2) is 4.91. The lowest BCUT2D eigenvalue weighted by atomic mass is 10.2. The van der Waals surface area contributed by atoms with E-state index in [1.165, 1.54) is 19.3 Å². The van der Waals surface area contributed by atoms with Crippen LogP contribution >= 0.6 is 0 Å². The van der Waals surface area contributed by atoms with Gasteiger partial charge in [-0.3, -0.25) is 4.79 Å². The summed E-state index contributed by atoms with van der Waals surface area (Å²) in [5.41, 5.74) is 2.77. The van der Waals surface area contributed by atoms with Crippen molar-refractivity contribution in [2.45, 2.75) is 39.0 Å². The van der Waals surface area contributed by atoms with Gasteiger partial charge in [0.1, 0.15) is 0 Å². The van der Waals surface area contributed by atoms with E-state index in [0.29, 0.717) is 6.42 Å². The fourth-order valence-electron chi connectivity index (χ4n) is 1.27. The predicted octanol–water partition coefficient (Wildman–Crippen LogP) is 1.08. The maximum absolute atomic E-state index is 10.8. The average molecular weight is 169 g/mol. The van der Waals surface area contributed by atoms with Crippen molar-refractivity contribution in [3.8, 4) is 0 Å². The highest BCUT2D eigenvalue weighted by molar-refractivity contribution is 5.76. The van der Waals surface area contributed by atoms with E-state index in [2.05, 4.69) is 18.6 Å². The van der Waals surface area contributed by atoms with E-state index >= 15 is 0 Å². The fraction of sp³-hybridized carbons (Fsp3) is 0.778. The molecule has 0 atom stereocenters. The molecule has 1 saturated heterocycles. The average Bonchev–Trinajstić information content (AvgIpc) is 2.45. The van der Waals surface area contributed by atoms with Crippen molar-refractivity contribution in [2.75, 3.05) is 6.54 Å². The molecule has 0 radical (unpaired) electrons. The number of hydrogen-bond acceptors (Lipinski definition) is 1. The molecule has 0 aliphatic carbocycles. The van der Waals surface area contributed by atoms with E-state index in [1.807, 2.05) is 4.68 Å². The molecular formula is C9H17N2O+. The lowest BCUT2D eigenvalue weighted by Gasteiger charge is -1.91. The van der Waals surface area contributed by atoms with Gasteiger partial charge in [0, 0.05) is 6.42 Å². The van der Waals surface area contributed by atoms with Crippen molar-refractivity contribution < 1.29 is 9.48 Å². The summed E-state index contributed by atoms with van der Waals surface area (Å²) in [5, 5.41) is 0. The van der Waals surface area contributed by atoms with Gasteiger partial charge >= 0.3 is 0 Å². The van der Waals surface area contributed by atoms with Crippen LogP contribution in [0.1, 0.15) is 39.0 Å². The first-order valence-corrected chi connectivity index (χ1v) is 4.72. The summed E-state index contributed by atoms with van der Waals surface area (Å²) in [4.78, 5) is 10.8. The molecule has 0 unspecified atom stereocenters. The van der Waals surface area contributed by atoms with Gasteiger partial charge in [-0.05, 0) is 6.42 Å². The van der Waals surface area contributed by atoms with Crippen LogP contribution in [-0.2, 0) is 4.79 Å². The molecule has 68 valence electrons. The zero-order chi connectivity index (χ0) is 8.81. The van der Waals surface area contributed by atoms with Gasteiger partial charge < -0.3 is 0 Å². The lowest BCUT2D eigenvalue weighted by Crippen LogP contribution is -2.24. The summed E-state index contributed by atoms with van der Waals surface area (Å²) in [6.07, 6.45) is 7.56. The number of nitrogens with one attached hydrogen (secondary N) is 1. The summed E-state index contributed by atoms with van der Waals surface area (Å²) < 4.78 is 1.90. The zero-order valence-electron chi connectivity index (χ0n) is 7.68.